The average Bonchev–Trinajstić information content (AvgIpc) is 2.61. The second kappa shape index (κ2) is 9.41. The quantitative estimate of drug-likeness (QED) is 0.392. The van der Waals surface area contributed by atoms with Crippen LogP contribution in [0.15, 0.2) is 43.0 Å². The van der Waals surface area contributed by atoms with Crippen LogP contribution in [0.1, 0.15) is 51.0 Å². The molecule has 0 heterocycles. The molecule has 1 atom stereocenters. The normalized spacial score (nSPS) is 17.8. The van der Waals surface area contributed by atoms with E-state index in [2.05, 4.69) is 18.7 Å². The van der Waals surface area contributed by atoms with Crippen LogP contribution in [0.2, 0.25) is 0 Å². The highest BCUT2D eigenvalue weighted by molar-refractivity contribution is 5.67. The Balaban J connectivity index is 2.04. The largest absolute Gasteiger partial charge is 0.490 e. The highest BCUT2D eigenvalue weighted by atomic mass is 19.2. The maximum atomic E-state index is 14.3. The molecule has 1 unspecified atom stereocenters. The Kier molecular flexibility index (Phi) is 7.23. The lowest BCUT2D eigenvalue weighted by Gasteiger charge is -2.20. The van der Waals surface area contributed by atoms with Gasteiger partial charge in [0.1, 0.15) is 0 Å². The fraction of sp³-hybridized carbons (Fsp3) is 0.429. The standard InChI is InChI=1S/C21H26F2O/c1-3-5-6-7-8-16-9-11-17(12-10-16)18-13-14-19(24-15-4-2)21(23)20(18)22/h3,7-8,11,13-14,16H,1,4-6,9-10,12,15H2,2H3/b8-7+. The van der Waals surface area contributed by atoms with Crippen molar-refractivity contribution in [2.24, 2.45) is 5.92 Å². The predicted molar refractivity (Wildman–Crippen MR) is 96.0 cm³/mol. The zero-order valence-corrected chi connectivity index (χ0v) is 14.4. The number of hydrogen-bond acceptors (Lipinski definition) is 1. The third-order valence-corrected chi connectivity index (χ3v) is 4.25. The second-order valence-corrected chi connectivity index (χ2v) is 6.15. The van der Waals surface area contributed by atoms with Gasteiger partial charge in [0.05, 0.1) is 6.61 Å². The summed E-state index contributed by atoms with van der Waals surface area (Å²) in [5.41, 5.74) is 1.26. The van der Waals surface area contributed by atoms with E-state index in [9.17, 15) is 8.78 Å². The lowest BCUT2D eigenvalue weighted by molar-refractivity contribution is 0.295. The zero-order valence-electron chi connectivity index (χ0n) is 14.4. The van der Waals surface area contributed by atoms with Crippen LogP contribution >= 0.6 is 0 Å². The lowest BCUT2D eigenvalue weighted by Crippen LogP contribution is -2.06. The van der Waals surface area contributed by atoms with Crippen molar-refractivity contribution in [2.75, 3.05) is 6.61 Å². The van der Waals surface area contributed by atoms with Gasteiger partial charge in [0.25, 0.3) is 0 Å². The molecule has 1 aromatic rings. The summed E-state index contributed by atoms with van der Waals surface area (Å²) in [4.78, 5) is 0. The molecule has 0 N–H and O–H groups in total. The highest BCUT2D eigenvalue weighted by Crippen LogP contribution is 2.34. The van der Waals surface area contributed by atoms with Crippen LogP contribution in [0.25, 0.3) is 5.57 Å². The predicted octanol–water partition coefficient (Wildman–Crippen LogP) is 6.46. The molecule has 2 rings (SSSR count). The van der Waals surface area contributed by atoms with Gasteiger partial charge in [0.15, 0.2) is 11.6 Å². The summed E-state index contributed by atoms with van der Waals surface area (Å²) in [5, 5.41) is 0. The van der Waals surface area contributed by atoms with Crippen LogP contribution < -0.4 is 4.74 Å². The van der Waals surface area contributed by atoms with Crippen molar-refractivity contribution >= 4 is 5.57 Å². The molecule has 1 nitrogen and oxygen atoms in total. The maximum absolute atomic E-state index is 14.3. The summed E-state index contributed by atoms with van der Waals surface area (Å²) in [6.07, 6.45) is 13.7. The molecular weight excluding hydrogens is 306 g/mol. The number of unbranched alkanes of at least 4 members (excludes halogenated alkanes) is 1. The van der Waals surface area contributed by atoms with Gasteiger partial charge in [0.2, 0.25) is 5.82 Å². The van der Waals surface area contributed by atoms with Gasteiger partial charge in [-0.05, 0) is 62.1 Å². The molecule has 1 aliphatic rings. The molecule has 0 saturated heterocycles. The summed E-state index contributed by atoms with van der Waals surface area (Å²) in [7, 11) is 0. The van der Waals surface area contributed by atoms with Crippen LogP contribution in [0.4, 0.5) is 8.78 Å². The maximum Gasteiger partial charge on any atom is 0.201 e. The molecule has 24 heavy (non-hydrogen) atoms. The van der Waals surface area contributed by atoms with Gasteiger partial charge in [-0.1, -0.05) is 31.2 Å². The smallest absolute Gasteiger partial charge is 0.201 e. The van der Waals surface area contributed by atoms with Crippen molar-refractivity contribution in [2.45, 2.75) is 45.4 Å². The number of benzene rings is 1. The molecule has 0 spiro atoms. The van der Waals surface area contributed by atoms with Crippen molar-refractivity contribution in [3.63, 3.8) is 0 Å². The van der Waals surface area contributed by atoms with Crippen LogP contribution in [0.5, 0.6) is 5.75 Å². The van der Waals surface area contributed by atoms with Gasteiger partial charge in [-0.25, -0.2) is 4.39 Å². The Morgan fingerprint density at radius 1 is 1.25 bits per heavy atom. The molecule has 0 bridgehead atoms. The summed E-state index contributed by atoms with van der Waals surface area (Å²) in [6, 6.07) is 3.17. The molecular formula is C21H26F2O. The molecule has 1 aromatic carbocycles. The van der Waals surface area contributed by atoms with E-state index in [4.69, 9.17) is 4.74 Å². The first-order valence-electron chi connectivity index (χ1n) is 8.75. The fourth-order valence-electron chi connectivity index (χ4n) is 2.88. The van der Waals surface area contributed by atoms with E-state index in [0.717, 1.165) is 44.1 Å². The molecule has 130 valence electrons. The topological polar surface area (TPSA) is 9.23 Å². The average molecular weight is 332 g/mol. The van der Waals surface area contributed by atoms with E-state index in [0.29, 0.717) is 18.1 Å². The number of allylic oxidation sites excluding steroid dienone is 5. The number of hydrogen-bond donors (Lipinski definition) is 0. The van der Waals surface area contributed by atoms with Gasteiger partial charge >= 0.3 is 0 Å². The van der Waals surface area contributed by atoms with E-state index in [1.54, 1.807) is 6.07 Å². The van der Waals surface area contributed by atoms with Crippen molar-refractivity contribution < 1.29 is 13.5 Å². The third-order valence-electron chi connectivity index (χ3n) is 4.25. The Morgan fingerprint density at radius 3 is 2.75 bits per heavy atom. The Labute approximate surface area is 143 Å². The molecule has 3 heteroatoms. The van der Waals surface area contributed by atoms with Gasteiger partial charge in [-0.3, -0.25) is 0 Å². The van der Waals surface area contributed by atoms with Gasteiger partial charge in [-0.15, -0.1) is 6.58 Å². The Morgan fingerprint density at radius 2 is 2.08 bits per heavy atom. The van der Waals surface area contributed by atoms with Crippen molar-refractivity contribution in [1.29, 1.82) is 0 Å². The van der Waals surface area contributed by atoms with Crippen LogP contribution in [-0.2, 0) is 0 Å². The minimum atomic E-state index is -0.881. The van der Waals surface area contributed by atoms with Crippen LogP contribution in [-0.4, -0.2) is 6.61 Å². The minimum absolute atomic E-state index is 0.00228. The Bertz CT molecular complexity index is 617. The molecule has 1 aliphatic carbocycles. The summed E-state index contributed by atoms with van der Waals surface area (Å²) in [5.74, 6) is -1.20. The summed E-state index contributed by atoms with van der Waals surface area (Å²) >= 11 is 0. The first-order valence-corrected chi connectivity index (χ1v) is 8.75. The van der Waals surface area contributed by atoms with Crippen LogP contribution in [0, 0.1) is 17.6 Å². The number of halogens is 2. The third kappa shape index (κ3) is 4.80. The van der Waals surface area contributed by atoms with E-state index >= 15 is 0 Å². The van der Waals surface area contributed by atoms with Gasteiger partial charge in [0, 0.05) is 5.56 Å². The lowest BCUT2D eigenvalue weighted by atomic mass is 9.86. The van der Waals surface area contributed by atoms with E-state index < -0.39 is 11.6 Å². The molecule has 0 amide bonds. The molecule has 0 aromatic heterocycles. The van der Waals surface area contributed by atoms with Crippen LogP contribution in [0.3, 0.4) is 0 Å². The fourth-order valence-corrected chi connectivity index (χ4v) is 2.88. The molecule has 0 saturated carbocycles. The second-order valence-electron chi connectivity index (χ2n) is 6.15. The summed E-state index contributed by atoms with van der Waals surface area (Å²) in [6.45, 7) is 6.02. The zero-order chi connectivity index (χ0) is 17.4. The first kappa shape index (κ1) is 18.4. The Hall–Kier alpha value is -1.90. The number of rotatable bonds is 8. The van der Waals surface area contributed by atoms with E-state index in [1.807, 2.05) is 19.1 Å². The van der Waals surface area contributed by atoms with Gasteiger partial charge < -0.3 is 4.74 Å². The molecule has 0 fully saturated rings. The van der Waals surface area contributed by atoms with Crippen molar-refractivity contribution in [1.82, 2.24) is 0 Å². The first-order chi connectivity index (χ1) is 11.7. The molecule has 0 aliphatic heterocycles. The highest BCUT2D eigenvalue weighted by Gasteiger charge is 2.20. The SMILES string of the molecule is C=CCC/C=C/C1CC=C(c2ccc(OCCC)c(F)c2F)CC1. The number of ether oxygens (including phenoxy) is 1. The monoisotopic (exact) mass is 332 g/mol. The van der Waals surface area contributed by atoms with Crippen molar-refractivity contribution in [3.05, 3.63) is 60.2 Å². The summed E-state index contributed by atoms with van der Waals surface area (Å²) < 4.78 is 33.7. The van der Waals surface area contributed by atoms with Gasteiger partial charge in [-0.2, -0.15) is 4.39 Å². The van der Waals surface area contributed by atoms with E-state index in [-0.39, 0.29) is 5.75 Å². The van der Waals surface area contributed by atoms with Crippen molar-refractivity contribution in [3.8, 4) is 5.75 Å². The minimum Gasteiger partial charge on any atom is -0.490 e. The van der Waals surface area contributed by atoms with E-state index in [1.165, 1.54) is 6.07 Å². The molecule has 0 radical (unpaired) electrons.